The molecule has 3 heteroatoms. The first-order valence-corrected chi connectivity index (χ1v) is 11.5. The molecule has 0 saturated heterocycles. The van der Waals surface area contributed by atoms with Gasteiger partial charge in [-0.3, -0.25) is 9.78 Å². The number of anilines is 1. The quantitative estimate of drug-likeness (QED) is 0.466. The van der Waals surface area contributed by atoms with Gasteiger partial charge in [0.25, 0.3) is 0 Å². The molecular formula is C25H42N2O. The molecule has 0 aliphatic heterocycles. The molecule has 28 heavy (non-hydrogen) atoms. The molecule has 1 aromatic rings. The molecule has 1 aromatic heterocycles. The van der Waals surface area contributed by atoms with Crippen LogP contribution in [0, 0.1) is 29.1 Å². The molecule has 1 aliphatic rings. The molecule has 0 spiro atoms. The number of hydrogen-bond acceptors (Lipinski definition) is 2. The van der Waals surface area contributed by atoms with Gasteiger partial charge in [-0.1, -0.05) is 73.1 Å². The minimum absolute atomic E-state index is 0.111. The Hall–Kier alpha value is -1.38. The number of rotatable bonds is 10. The second-order valence-electron chi connectivity index (χ2n) is 10.2. The van der Waals surface area contributed by atoms with Gasteiger partial charge in [0.2, 0.25) is 5.91 Å². The Bertz CT molecular complexity index is 583. The van der Waals surface area contributed by atoms with Crippen LogP contribution in [0.3, 0.4) is 0 Å². The van der Waals surface area contributed by atoms with Crippen LogP contribution in [0.1, 0.15) is 92.4 Å². The number of aromatic nitrogens is 1. The molecular weight excluding hydrogens is 344 g/mol. The maximum absolute atomic E-state index is 12.2. The van der Waals surface area contributed by atoms with Crippen molar-refractivity contribution >= 4 is 11.6 Å². The Morgan fingerprint density at radius 2 is 1.86 bits per heavy atom. The fourth-order valence-electron chi connectivity index (χ4n) is 5.20. The first-order valence-electron chi connectivity index (χ1n) is 11.5. The maximum Gasteiger partial charge on any atom is 0.224 e. The molecule has 3 nitrogen and oxygen atoms in total. The monoisotopic (exact) mass is 386 g/mol. The number of nitrogens with one attached hydrogen (secondary N) is 1. The molecule has 1 heterocycles. The fraction of sp³-hybridized carbons (Fsp3) is 0.760. The number of nitrogens with zero attached hydrogens (tertiary/aromatic N) is 1. The van der Waals surface area contributed by atoms with Crippen molar-refractivity contribution < 1.29 is 4.79 Å². The zero-order valence-corrected chi connectivity index (χ0v) is 18.8. The SMILES string of the molecule is CC(CCCC(C)CC(=O)Nc1ccncc1)CCC1C(C)CCCC1(C)C. The summed E-state index contributed by atoms with van der Waals surface area (Å²) in [5.74, 6) is 3.11. The van der Waals surface area contributed by atoms with Crippen LogP contribution in [0.15, 0.2) is 24.5 Å². The van der Waals surface area contributed by atoms with E-state index in [-0.39, 0.29) is 5.91 Å². The number of amides is 1. The molecule has 1 aliphatic carbocycles. The summed E-state index contributed by atoms with van der Waals surface area (Å²) >= 11 is 0. The first kappa shape index (κ1) is 22.9. The average molecular weight is 387 g/mol. The van der Waals surface area contributed by atoms with Crippen molar-refractivity contribution in [2.24, 2.45) is 29.1 Å². The standard InChI is InChI=1S/C25H42N2O/c1-19(11-12-23-21(3)10-7-15-25(23,4)5)8-6-9-20(2)18-24(28)27-22-13-16-26-17-14-22/h13-14,16-17,19-21,23H,6-12,15,18H2,1-5H3,(H,26,27,28). The van der Waals surface area contributed by atoms with Crippen molar-refractivity contribution in [1.29, 1.82) is 0 Å². The second-order valence-corrected chi connectivity index (χ2v) is 10.2. The number of hydrogen-bond donors (Lipinski definition) is 1. The van der Waals surface area contributed by atoms with Crippen LogP contribution in [-0.2, 0) is 4.79 Å². The van der Waals surface area contributed by atoms with Crippen molar-refractivity contribution in [2.45, 2.75) is 92.4 Å². The molecule has 0 bridgehead atoms. The largest absolute Gasteiger partial charge is 0.326 e. The number of carbonyl (C=O) groups is 1. The van der Waals surface area contributed by atoms with E-state index in [1.54, 1.807) is 12.4 Å². The van der Waals surface area contributed by atoms with Gasteiger partial charge in [0.15, 0.2) is 0 Å². The van der Waals surface area contributed by atoms with Gasteiger partial charge in [-0.25, -0.2) is 0 Å². The van der Waals surface area contributed by atoms with E-state index in [9.17, 15) is 4.79 Å². The number of carbonyl (C=O) groups excluding carboxylic acids is 1. The molecule has 0 radical (unpaired) electrons. The van der Waals surface area contributed by atoms with Gasteiger partial charge in [0.05, 0.1) is 0 Å². The van der Waals surface area contributed by atoms with Crippen molar-refractivity contribution in [3.8, 4) is 0 Å². The van der Waals surface area contributed by atoms with Gasteiger partial charge in [0, 0.05) is 24.5 Å². The van der Waals surface area contributed by atoms with Gasteiger partial charge in [-0.15, -0.1) is 0 Å². The van der Waals surface area contributed by atoms with E-state index in [0.717, 1.165) is 29.9 Å². The van der Waals surface area contributed by atoms with Crippen molar-refractivity contribution in [1.82, 2.24) is 4.98 Å². The van der Waals surface area contributed by atoms with Crippen molar-refractivity contribution in [3.05, 3.63) is 24.5 Å². The third kappa shape index (κ3) is 7.56. The molecule has 0 aromatic carbocycles. The highest BCUT2D eigenvalue weighted by atomic mass is 16.1. The molecule has 4 atom stereocenters. The summed E-state index contributed by atoms with van der Waals surface area (Å²) in [4.78, 5) is 16.1. The predicted octanol–water partition coefficient (Wildman–Crippen LogP) is 7.10. The Morgan fingerprint density at radius 3 is 2.54 bits per heavy atom. The van der Waals surface area contributed by atoms with Gasteiger partial charge < -0.3 is 5.32 Å². The highest BCUT2D eigenvalue weighted by Crippen LogP contribution is 2.46. The van der Waals surface area contributed by atoms with Crippen molar-refractivity contribution in [2.75, 3.05) is 5.32 Å². The fourth-order valence-corrected chi connectivity index (χ4v) is 5.20. The lowest BCUT2D eigenvalue weighted by molar-refractivity contribution is -0.117. The van der Waals surface area contributed by atoms with E-state index >= 15 is 0 Å². The van der Waals surface area contributed by atoms with Crippen LogP contribution in [0.5, 0.6) is 0 Å². The highest BCUT2D eigenvalue weighted by molar-refractivity contribution is 5.90. The minimum Gasteiger partial charge on any atom is -0.326 e. The molecule has 4 unspecified atom stereocenters. The zero-order valence-electron chi connectivity index (χ0n) is 18.8. The number of pyridine rings is 1. The summed E-state index contributed by atoms with van der Waals surface area (Å²) in [7, 11) is 0. The summed E-state index contributed by atoms with van der Waals surface area (Å²) in [6, 6.07) is 3.66. The van der Waals surface area contributed by atoms with Gasteiger partial charge >= 0.3 is 0 Å². The molecule has 1 fully saturated rings. The third-order valence-corrected chi connectivity index (χ3v) is 7.03. The van der Waals surface area contributed by atoms with Gasteiger partial charge in [-0.05, 0) is 54.1 Å². The lowest BCUT2D eigenvalue weighted by atomic mass is 9.62. The van der Waals surface area contributed by atoms with E-state index in [1.165, 1.54) is 44.9 Å². The van der Waals surface area contributed by atoms with Crippen molar-refractivity contribution in [3.63, 3.8) is 0 Å². The summed E-state index contributed by atoms with van der Waals surface area (Å²) in [6.45, 7) is 12.0. The predicted molar refractivity (Wildman–Crippen MR) is 119 cm³/mol. The van der Waals surface area contributed by atoms with E-state index in [1.807, 2.05) is 12.1 Å². The summed E-state index contributed by atoms with van der Waals surface area (Å²) < 4.78 is 0. The summed E-state index contributed by atoms with van der Waals surface area (Å²) in [5, 5.41) is 2.96. The third-order valence-electron chi connectivity index (χ3n) is 7.03. The molecule has 1 N–H and O–H groups in total. The average Bonchev–Trinajstić information content (AvgIpc) is 2.61. The lowest BCUT2D eigenvalue weighted by Crippen LogP contribution is -2.33. The van der Waals surface area contributed by atoms with Crippen LogP contribution >= 0.6 is 0 Å². The molecule has 1 saturated carbocycles. The Labute approximate surface area is 173 Å². The highest BCUT2D eigenvalue weighted by Gasteiger charge is 2.36. The maximum atomic E-state index is 12.2. The summed E-state index contributed by atoms with van der Waals surface area (Å²) in [5.41, 5.74) is 1.36. The van der Waals surface area contributed by atoms with Gasteiger partial charge in [0.1, 0.15) is 0 Å². The lowest BCUT2D eigenvalue weighted by Gasteiger charge is -2.43. The first-order chi connectivity index (χ1) is 13.3. The Balaban J connectivity index is 1.62. The Kier molecular flexibility index (Phi) is 8.98. The normalized spacial score (nSPS) is 23.8. The molecule has 158 valence electrons. The van der Waals surface area contributed by atoms with Crippen LogP contribution < -0.4 is 5.32 Å². The van der Waals surface area contributed by atoms with E-state index in [0.29, 0.717) is 17.8 Å². The van der Waals surface area contributed by atoms with E-state index in [2.05, 4.69) is 44.9 Å². The summed E-state index contributed by atoms with van der Waals surface area (Å²) in [6.07, 6.45) is 14.6. The van der Waals surface area contributed by atoms with Crippen LogP contribution in [0.2, 0.25) is 0 Å². The van der Waals surface area contributed by atoms with Crippen LogP contribution in [-0.4, -0.2) is 10.9 Å². The topological polar surface area (TPSA) is 42.0 Å². The Morgan fingerprint density at radius 1 is 1.18 bits per heavy atom. The van der Waals surface area contributed by atoms with E-state index < -0.39 is 0 Å². The van der Waals surface area contributed by atoms with Crippen LogP contribution in [0.25, 0.3) is 0 Å². The molecule has 1 amide bonds. The van der Waals surface area contributed by atoms with Gasteiger partial charge in [-0.2, -0.15) is 0 Å². The van der Waals surface area contributed by atoms with Crippen LogP contribution in [0.4, 0.5) is 5.69 Å². The van der Waals surface area contributed by atoms with E-state index in [4.69, 9.17) is 0 Å². The smallest absolute Gasteiger partial charge is 0.224 e. The minimum atomic E-state index is 0.111. The second kappa shape index (κ2) is 11.0. The molecule has 2 rings (SSSR count). The zero-order chi connectivity index (χ0) is 20.6.